The number of hydrogen-bond acceptors (Lipinski definition) is 4. The number of rotatable bonds is 4. The maximum Gasteiger partial charge on any atom is 0.128 e. The highest BCUT2D eigenvalue weighted by Crippen LogP contribution is 2.33. The van der Waals surface area contributed by atoms with E-state index in [-0.39, 0.29) is 0 Å². The summed E-state index contributed by atoms with van der Waals surface area (Å²) >= 11 is 0. The van der Waals surface area contributed by atoms with Crippen molar-refractivity contribution in [2.75, 3.05) is 27.3 Å². The second kappa shape index (κ2) is 5.54. The van der Waals surface area contributed by atoms with E-state index in [0.29, 0.717) is 5.92 Å². The number of methoxy groups -OCH3 is 2. The van der Waals surface area contributed by atoms with E-state index in [1.807, 2.05) is 24.4 Å². The van der Waals surface area contributed by atoms with Gasteiger partial charge in [0.2, 0.25) is 0 Å². The van der Waals surface area contributed by atoms with E-state index in [9.17, 15) is 0 Å². The van der Waals surface area contributed by atoms with Crippen LogP contribution in [0, 0.1) is 0 Å². The van der Waals surface area contributed by atoms with Crippen LogP contribution in [0.15, 0.2) is 24.4 Å². The summed E-state index contributed by atoms with van der Waals surface area (Å²) in [6, 6.07) is 5.76. The molecule has 0 amide bonds. The SMILES string of the molecule is COc1ccc(OC)c(-c2cnc(C3CCNC3)[nH]2)c1. The van der Waals surface area contributed by atoms with Gasteiger partial charge in [-0.25, -0.2) is 4.98 Å². The Bertz CT molecular complexity index is 589. The first-order chi connectivity index (χ1) is 9.81. The topological polar surface area (TPSA) is 59.2 Å². The average Bonchev–Trinajstić information content (AvgIpc) is 3.17. The van der Waals surface area contributed by atoms with Gasteiger partial charge in [-0.2, -0.15) is 0 Å². The van der Waals surface area contributed by atoms with Crippen molar-refractivity contribution in [3.05, 3.63) is 30.2 Å². The molecule has 3 rings (SSSR count). The van der Waals surface area contributed by atoms with E-state index in [1.54, 1.807) is 14.2 Å². The van der Waals surface area contributed by atoms with Crippen LogP contribution in [0.1, 0.15) is 18.2 Å². The van der Waals surface area contributed by atoms with E-state index < -0.39 is 0 Å². The van der Waals surface area contributed by atoms with Crippen LogP contribution in [0.2, 0.25) is 0 Å². The largest absolute Gasteiger partial charge is 0.497 e. The lowest BCUT2D eigenvalue weighted by atomic mass is 10.1. The van der Waals surface area contributed by atoms with Crippen LogP contribution < -0.4 is 14.8 Å². The molecule has 1 unspecified atom stereocenters. The van der Waals surface area contributed by atoms with Gasteiger partial charge in [0.15, 0.2) is 0 Å². The van der Waals surface area contributed by atoms with Gasteiger partial charge in [-0.3, -0.25) is 0 Å². The molecule has 1 aromatic carbocycles. The van der Waals surface area contributed by atoms with Gasteiger partial charge < -0.3 is 19.8 Å². The molecule has 2 N–H and O–H groups in total. The number of imidazole rings is 1. The number of H-pyrrole nitrogens is 1. The number of benzene rings is 1. The zero-order valence-corrected chi connectivity index (χ0v) is 11.8. The molecule has 20 heavy (non-hydrogen) atoms. The summed E-state index contributed by atoms with van der Waals surface area (Å²) in [5.74, 6) is 3.13. The van der Waals surface area contributed by atoms with Gasteiger partial charge >= 0.3 is 0 Å². The Morgan fingerprint density at radius 1 is 1.25 bits per heavy atom. The molecule has 0 bridgehead atoms. The van der Waals surface area contributed by atoms with Crippen molar-refractivity contribution < 1.29 is 9.47 Å². The monoisotopic (exact) mass is 273 g/mol. The molecule has 1 aromatic heterocycles. The summed E-state index contributed by atoms with van der Waals surface area (Å²) in [6.07, 6.45) is 2.99. The standard InChI is InChI=1S/C15H19N3O2/c1-19-11-3-4-14(20-2)12(7-11)13-9-17-15(18-13)10-5-6-16-8-10/h3-4,7,9-10,16H,5-6,8H2,1-2H3,(H,17,18). The molecule has 2 heterocycles. The zero-order chi connectivity index (χ0) is 13.9. The Morgan fingerprint density at radius 2 is 2.15 bits per heavy atom. The predicted molar refractivity (Wildman–Crippen MR) is 77.4 cm³/mol. The smallest absolute Gasteiger partial charge is 0.128 e. The molecule has 1 fully saturated rings. The Kier molecular flexibility index (Phi) is 3.60. The summed E-state index contributed by atoms with van der Waals surface area (Å²) in [5.41, 5.74) is 1.93. The maximum atomic E-state index is 5.42. The van der Waals surface area contributed by atoms with Crippen molar-refractivity contribution >= 4 is 0 Å². The molecule has 2 aromatic rings. The minimum atomic E-state index is 0.473. The average molecular weight is 273 g/mol. The van der Waals surface area contributed by atoms with E-state index in [2.05, 4.69) is 15.3 Å². The molecule has 1 aliphatic heterocycles. The second-order valence-electron chi connectivity index (χ2n) is 4.94. The Hall–Kier alpha value is -2.01. The molecule has 5 heteroatoms. The number of aromatic amines is 1. The van der Waals surface area contributed by atoms with Crippen LogP contribution in [-0.2, 0) is 0 Å². The van der Waals surface area contributed by atoms with Crippen LogP contribution in [-0.4, -0.2) is 37.3 Å². The Balaban J connectivity index is 1.95. The van der Waals surface area contributed by atoms with Gasteiger partial charge in [-0.15, -0.1) is 0 Å². The van der Waals surface area contributed by atoms with E-state index >= 15 is 0 Å². The van der Waals surface area contributed by atoms with Gasteiger partial charge in [0.05, 0.1) is 26.1 Å². The van der Waals surface area contributed by atoms with Gasteiger partial charge in [0.25, 0.3) is 0 Å². The fourth-order valence-electron chi connectivity index (χ4n) is 2.59. The fraction of sp³-hybridized carbons (Fsp3) is 0.400. The summed E-state index contributed by atoms with van der Waals surface area (Å²) in [4.78, 5) is 7.92. The lowest BCUT2D eigenvalue weighted by Gasteiger charge is -2.09. The van der Waals surface area contributed by atoms with Crippen LogP contribution in [0.25, 0.3) is 11.3 Å². The third-order valence-corrected chi connectivity index (χ3v) is 3.74. The van der Waals surface area contributed by atoms with Crippen LogP contribution in [0.4, 0.5) is 0 Å². The van der Waals surface area contributed by atoms with Crippen molar-refractivity contribution in [3.8, 4) is 22.8 Å². The fourth-order valence-corrected chi connectivity index (χ4v) is 2.59. The molecule has 0 radical (unpaired) electrons. The first-order valence-corrected chi connectivity index (χ1v) is 6.80. The molecule has 5 nitrogen and oxygen atoms in total. The molecule has 0 spiro atoms. The van der Waals surface area contributed by atoms with Crippen molar-refractivity contribution in [1.82, 2.24) is 15.3 Å². The quantitative estimate of drug-likeness (QED) is 0.896. The zero-order valence-electron chi connectivity index (χ0n) is 11.8. The number of nitrogens with zero attached hydrogens (tertiary/aromatic N) is 1. The predicted octanol–water partition coefficient (Wildman–Crippen LogP) is 2.17. The number of hydrogen-bond donors (Lipinski definition) is 2. The molecule has 1 saturated heterocycles. The van der Waals surface area contributed by atoms with Crippen molar-refractivity contribution in [3.63, 3.8) is 0 Å². The number of nitrogens with one attached hydrogen (secondary N) is 2. The highest BCUT2D eigenvalue weighted by atomic mass is 16.5. The minimum Gasteiger partial charge on any atom is -0.497 e. The van der Waals surface area contributed by atoms with Crippen LogP contribution in [0.3, 0.4) is 0 Å². The summed E-state index contributed by atoms with van der Waals surface area (Å²) in [6.45, 7) is 2.05. The third-order valence-electron chi connectivity index (χ3n) is 3.74. The van der Waals surface area contributed by atoms with E-state index in [4.69, 9.17) is 9.47 Å². The minimum absolute atomic E-state index is 0.473. The van der Waals surface area contributed by atoms with Crippen molar-refractivity contribution in [2.24, 2.45) is 0 Å². The third kappa shape index (κ3) is 2.36. The van der Waals surface area contributed by atoms with Crippen molar-refractivity contribution in [2.45, 2.75) is 12.3 Å². The van der Waals surface area contributed by atoms with Gasteiger partial charge in [-0.05, 0) is 31.2 Å². The van der Waals surface area contributed by atoms with Gasteiger partial charge in [0, 0.05) is 18.0 Å². The second-order valence-corrected chi connectivity index (χ2v) is 4.94. The lowest BCUT2D eigenvalue weighted by molar-refractivity contribution is 0.404. The summed E-state index contributed by atoms with van der Waals surface area (Å²) in [5, 5.41) is 3.36. The first-order valence-electron chi connectivity index (χ1n) is 6.80. The normalized spacial score (nSPS) is 18.2. The van der Waals surface area contributed by atoms with Gasteiger partial charge in [0.1, 0.15) is 17.3 Å². The molecule has 106 valence electrons. The van der Waals surface area contributed by atoms with Crippen LogP contribution in [0.5, 0.6) is 11.5 Å². The van der Waals surface area contributed by atoms with E-state index in [1.165, 1.54) is 0 Å². The highest BCUT2D eigenvalue weighted by Gasteiger charge is 2.20. The van der Waals surface area contributed by atoms with E-state index in [0.717, 1.165) is 48.1 Å². The van der Waals surface area contributed by atoms with Crippen molar-refractivity contribution in [1.29, 1.82) is 0 Å². The van der Waals surface area contributed by atoms with Gasteiger partial charge in [-0.1, -0.05) is 0 Å². The maximum absolute atomic E-state index is 5.42. The molecule has 1 atom stereocenters. The molecular weight excluding hydrogens is 254 g/mol. The molecule has 1 aliphatic rings. The number of aromatic nitrogens is 2. The lowest BCUT2D eigenvalue weighted by Crippen LogP contribution is -2.08. The first kappa shape index (κ1) is 13.0. The molecular formula is C15H19N3O2. The Labute approximate surface area is 118 Å². The summed E-state index contributed by atoms with van der Waals surface area (Å²) < 4.78 is 10.7. The highest BCUT2D eigenvalue weighted by molar-refractivity contribution is 5.68. The number of ether oxygens (including phenoxy) is 2. The Morgan fingerprint density at radius 3 is 2.85 bits per heavy atom. The van der Waals surface area contributed by atoms with Crippen LogP contribution >= 0.6 is 0 Å². The summed E-state index contributed by atoms with van der Waals surface area (Å²) in [7, 11) is 3.33. The molecule has 0 saturated carbocycles. The molecule has 0 aliphatic carbocycles.